The number of alkyl halides is 3. The third-order valence-electron chi connectivity index (χ3n) is 2.39. The molecule has 0 fully saturated rings. The van der Waals surface area contributed by atoms with E-state index in [4.69, 9.17) is 5.11 Å². The van der Waals surface area contributed by atoms with Crippen molar-refractivity contribution in [3.05, 3.63) is 35.4 Å². The lowest BCUT2D eigenvalue weighted by Crippen LogP contribution is -2.31. The smallest absolute Gasteiger partial charge is 0.422 e. The summed E-state index contributed by atoms with van der Waals surface area (Å²) in [5.74, 6) is -1.18. The standard InChI is InChI=1S/C10H6F3NO2/c11-10(12,13)9(5-14-9)7-3-1-6(2-4-7)8(15)16/h1-5H,(H,15,16). The number of carboxylic acids is 1. The van der Waals surface area contributed by atoms with E-state index in [0.717, 1.165) is 30.5 Å². The molecule has 0 saturated carbocycles. The van der Waals surface area contributed by atoms with Gasteiger partial charge in [0.25, 0.3) is 0 Å². The van der Waals surface area contributed by atoms with Crippen molar-refractivity contribution in [3.63, 3.8) is 0 Å². The molecule has 1 unspecified atom stereocenters. The number of benzene rings is 1. The zero-order chi connectivity index (χ0) is 12.0. The summed E-state index contributed by atoms with van der Waals surface area (Å²) in [5, 5.41) is 8.60. The molecular weight excluding hydrogens is 223 g/mol. The van der Waals surface area contributed by atoms with Gasteiger partial charge >= 0.3 is 12.1 Å². The summed E-state index contributed by atoms with van der Waals surface area (Å²) >= 11 is 0. The molecule has 0 saturated heterocycles. The highest BCUT2D eigenvalue weighted by molar-refractivity contribution is 5.90. The first kappa shape index (κ1) is 10.7. The van der Waals surface area contributed by atoms with Crippen molar-refractivity contribution < 1.29 is 23.1 Å². The minimum Gasteiger partial charge on any atom is -0.478 e. The van der Waals surface area contributed by atoms with E-state index < -0.39 is 17.7 Å². The minimum absolute atomic E-state index is 0.0540. The molecule has 2 rings (SSSR count). The average molecular weight is 229 g/mol. The lowest BCUT2D eigenvalue weighted by molar-refractivity contribution is -0.156. The predicted octanol–water partition coefficient (Wildman–Crippen LogP) is 2.23. The van der Waals surface area contributed by atoms with Gasteiger partial charge in [-0.15, -0.1) is 0 Å². The van der Waals surface area contributed by atoms with Gasteiger partial charge in [0.15, 0.2) is 0 Å². The molecule has 0 radical (unpaired) electrons. The van der Waals surface area contributed by atoms with Crippen LogP contribution in [0.25, 0.3) is 0 Å². The van der Waals surface area contributed by atoms with E-state index in [-0.39, 0.29) is 11.1 Å². The van der Waals surface area contributed by atoms with E-state index in [2.05, 4.69) is 4.99 Å². The van der Waals surface area contributed by atoms with Crippen molar-refractivity contribution in [2.24, 2.45) is 4.99 Å². The van der Waals surface area contributed by atoms with E-state index in [0.29, 0.717) is 0 Å². The van der Waals surface area contributed by atoms with Crippen LogP contribution in [0.3, 0.4) is 0 Å². The molecule has 6 heteroatoms. The Morgan fingerprint density at radius 3 is 2.06 bits per heavy atom. The van der Waals surface area contributed by atoms with Crippen LogP contribution >= 0.6 is 0 Å². The zero-order valence-electron chi connectivity index (χ0n) is 7.82. The van der Waals surface area contributed by atoms with Crippen molar-refractivity contribution in [2.45, 2.75) is 11.7 Å². The largest absolute Gasteiger partial charge is 0.478 e. The van der Waals surface area contributed by atoms with Crippen molar-refractivity contribution in [1.82, 2.24) is 0 Å². The molecule has 0 spiro atoms. The lowest BCUT2D eigenvalue weighted by atomic mass is 9.96. The molecule has 0 bridgehead atoms. The second kappa shape index (κ2) is 3.07. The topological polar surface area (TPSA) is 49.7 Å². The molecule has 0 amide bonds. The Morgan fingerprint density at radius 1 is 1.25 bits per heavy atom. The third-order valence-corrected chi connectivity index (χ3v) is 2.39. The molecule has 1 aliphatic heterocycles. The van der Waals surface area contributed by atoms with Crippen molar-refractivity contribution >= 4 is 12.2 Å². The molecule has 1 aromatic rings. The van der Waals surface area contributed by atoms with E-state index in [1.807, 2.05) is 0 Å². The number of aliphatic imine (C=N–C) groups is 1. The Hall–Kier alpha value is -1.85. The van der Waals surface area contributed by atoms with E-state index in [1.54, 1.807) is 0 Å². The second-order valence-corrected chi connectivity index (χ2v) is 3.40. The number of aromatic carboxylic acids is 1. The summed E-state index contributed by atoms with van der Waals surface area (Å²) < 4.78 is 37.8. The summed E-state index contributed by atoms with van der Waals surface area (Å²) in [6, 6.07) is 4.52. The van der Waals surface area contributed by atoms with Gasteiger partial charge in [-0.1, -0.05) is 12.1 Å². The van der Waals surface area contributed by atoms with Crippen LogP contribution in [0.5, 0.6) is 0 Å². The van der Waals surface area contributed by atoms with Gasteiger partial charge in [0.1, 0.15) is 0 Å². The van der Waals surface area contributed by atoms with Gasteiger partial charge < -0.3 is 5.11 Å². The first-order valence-corrected chi connectivity index (χ1v) is 4.34. The number of halogens is 3. The molecule has 3 nitrogen and oxygen atoms in total. The molecule has 1 N–H and O–H groups in total. The van der Waals surface area contributed by atoms with Gasteiger partial charge in [0, 0.05) is 6.21 Å². The van der Waals surface area contributed by atoms with Crippen molar-refractivity contribution in [3.8, 4) is 0 Å². The molecule has 0 aliphatic carbocycles. The fourth-order valence-electron chi connectivity index (χ4n) is 1.39. The van der Waals surface area contributed by atoms with Crippen LogP contribution in [-0.2, 0) is 5.54 Å². The first-order valence-electron chi connectivity index (χ1n) is 4.34. The van der Waals surface area contributed by atoms with Crippen LogP contribution in [0.2, 0.25) is 0 Å². The normalized spacial score (nSPS) is 23.2. The second-order valence-electron chi connectivity index (χ2n) is 3.40. The van der Waals surface area contributed by atoms with Gasteiger partial charge in [0.05, 0.1) is 5.56 Å². The number of carbonyl (C=O) groups is 1. The van der Waals surface area contributed by atoms with Gasteiger partial charge in [-0.2, -0.15) is 13.2 Å². The lowest BCUT2D eigenvalue weighted by Gasteiger charge is -2.17. The van der Waals surface area contributed by atoms with Crippen molar-refractivity contribution in [2.75, 3.05) is 0 Å². The first-order chi connectivity index (χ1) is 7.37. The summed E-state index contributed by atoms with van der Waals surface area (Å²) in [6.45, 7) is 0. The molecular formula is C10H6F3NO2. The van der Waals surface area contributed by atoms with Crippen LogP contribution in [0.15, 0.2) is 29.3 Å². The molecule has 16 heavy (non-hydrogen) atoms. The number of nitrogens with zero attached hydrogens (tertiary/aromatic N) is 1. The highest BCUT2D eigenvalue weighted by Gasteiger charge is 2.61. The Bertz CT molecular complexity index is 456. The van der Waals surface area contributed by atoms with Crippen LogP contribution in [0, 0.1) is 0 Å². The number of rotatable bonds is 2. The zero-order valence-corrected chi connectivity index (χ0v) is 7.82. The fourth-order valence-corrected chi connectivity index (χ4v) is 1.39. The maximum atomic E-state index is 12.6. The Labute approximate surface area is 88.2 Å². The SMILES string of the molecule is O=C(O)c1ccc(C2(C(F)(F)F)C=N2)cc1. The quantitative estimate of drug-likeness (QED) is 0.845. The fraction of sp³-hybridized carbons (Fsp3) is 0.200. The molecule has 1 atom stereocenters. The van der Waals surface area contributed by atoms with Gasteiger partial charge in [-0.3, -0.25) is 4.99 Å². The summed E-state index contributed by atoms with van der Waals surface area (Å²) in [4.78, 5) is 13.8. The molecule has 1 aliphatic rings. The predicted molar refractivity (Wildman–Crippen MR) is 49.6 cm³/mol. The van der Waals surface area contributed by atoms with E-state index in [1.165, 1.54) is 0 Å². The molecule has 1 aromatic carbocycles. The van der Waals surface area contributed by atoms with Crippen LogP contribution in [-0.4, -0.2) is 23.5 Å². The Kier molecular flexibility index (Phi) is 2.04. The highest BCUT2D eigenvalue weighted by Crippen LogP contribution is 2.47. The molecule has 84 valence electrons. The highest BCUT2D eigenvalue weighted by atomic mass is 19.4. The Morgan fingerprint density at radius 2 is 1.75 bits per heavy atom. The van der Waals surface area contributed by atoms with Crippen LogP contribution < -0.4 is 0 Å². The van der Waals surface area contributed by atoms with Gasteiger partial charge in [0.2, 0.25) is 5.54 Å². The average Bonchev–Trinajstić information content (AvgIpc) is 2.97. The number of hydrogen-bond donors (Lipinski definition) is 1. The van der Waals surface area contributed by atoms with E-state index >= 15 is 0 Å². The molecule has 0 aromatic heterocycles. The van der Waals surface area contributed by atoms with E-state index in [9.17, 15) is 18.0 Å². The third kappa shape index (κ3) is 1.46. The minimum atomic E-state index is -4.47. The van der Waals surface area contributed by atoms with Crippen LogP contribution in [0.4, 0.5) is 13.2 Å². The van der Waals surface area contributed by atoms with Gasteiger partial charge in [-0.25, -0.2) is 4.79 Å². The Balaban J connectivity index is 2.33. The summed E-state index contributed by atoms with van der Waals surface area (Å²) in [5.41, 5.74) is -2.35. The van der Waals surface area contributed by atoms with Crippen molar-refractivity contribution in [1.29, 1.82) is 0 Å². The molecule has 1 heterocycles. The van der Waals surface area contributed by atoms with Crippen LogP contribution in [0.1, 0.15) is 15.9 Å². The maximum absolute atomic E-state index is 12.6. The number of hydrogen-bond acceptors (Lipinski definition) is 2. The van der Waals surface area contributed by atoms with Gasteiger partial charge in [-0.05, 0) is 17.7 Å². The maximum Gasteiger partial charge on any atom is 0.422 e. The number of carboxylic acid groups (broad SMARTS) is 1. The summed E-state index contributed by atoms with van der Waals surface area (Å²) in [7, 11) is 0. The monoisotopic (exact) mass is 229 g/mol. The summed E-state index contributed by atoms with van der Waals surface area (Å²) in [6.07, 6.45) is -3.67.